The highest BCUT2D eigenvalue weighted by atomic mass is 32.2. The van der Waals surface area contributed by atoms with Crippen LogP contribution in [0.5, 0.6) is 5.75 Å². The van der Waals surface area contributed by atoms with Gasteiger partial charge in [0.2, 0.25) is 0 Å². The lowest BCUT2D eigenvalue weighted by Gasteiger charge is -2.09. The van der Waals surface area contributed by atoms with Crippen LogP contribution >= 0.6 is 11.8 Å². The van der Waals surface area contributed by atoms with Crippen LogP contribution in [0.2, 0.25) is 0 Å². The van der Waals surface area contributed by atoms with E-state index in [0.29, 0.717) is 12.2 Å². The Balaban J connectivity index is 2.00. The maximum atomic E-state index is 11.6. The molecule has 0 saturated carbocycles. The number of rotatable bonds is 5. The van der Waals surface area contributed by atoms with Crippen LogP contribution in [-0.4, -0.2) is 17.4 Å². The molecule has 0 atom stereocenters. The molecule has 0 unspecified atom stereocenters. The number of hydrogen-bond acceptors (Lipinski definition) is 4. The van der Waals surface area contributed by atoms with Crippen molar-refractivity contribution < 1.29 is 4.74 Å². The van der Waals surface area contributed by atoms with Crippen molar-refractivity contribution >= 4 is 17.4 Å². The second kappa shape index (κ2) is 6.33. The normalized spacial score (nSPS) is 10.4. The average molecular weight is 276 g/mol. The minimum atomic E-state index is -0.0326. The largest absolute Gasteiger partial charge is 0.496 e. The maximum absolute atomic E-state index is 11.6. The summed E-state index contributed by atoms with van der Waals surface area (Å²) in [6.45, 7) is 0.618. The number of pyridine rings is 1. The number of nitrogens with two attached hydrogens (primary N) is 1. The van der Waals surface area contributed by atoms with E-state index in [1.165, 1.54) is 6.07 Å². The van der Waals surface area contributed by atoms with Gasteiger partial charge >= 0.3 is 0 Å². The Hall–Kier alpha value is -1.88. The Morgan fingerprint density at radius 1 is 1.26 bits per heavy atom. The van der Waals surface area contributed by atoms with E-state index < -0.39 is 0 Å². The SMILES string of the molecule is COc1ccccc1SCCn1cc(N)ccc1=O. The zero-order valence-corrected chi connectivity index (χ0v) is 11.5. The summed E-state index contributed by atoms with van der Waals surface area (Å²) in [7, 11) is 1.65. The number of benzene rings is 1. The number of aryl methyl sites for hydroxylation is 1. The second-order valence-corrected chi connectivity index (χ2v) is 5.13. The van der Waals surface area contributed by atoms with Crippen molar-refractivity contribution in [3.8, 4) is 5.75 Å². The first-order valence-electron chi connectivity index (χ1n) is 5.92. The smallest absolute Gasteiger partial charge is 0.250 e. The number of ether oxygens (including phenoxy) is 1. The molecule has 0 amide bonds. The van der Waals surface area contributed by atoms with Crippen LogP contribution in [0.15, 0.2) is 52.3 Å². The molecule has 2 rings (SSSR count). The molecule has 0 saturated heterocycles. The third-order valence-corrected chi connectivity index (χ3v) is 3.70. The molecule has 0 bridgehead atoms. The van der Waals surface area contributed by atoms with E-state index in [9.17, 15) is 4.79 Å². The Bertz CT molecular complexity index is 610. The fourth-order valence-electron chi connectivity index (χ4n) is 1.72. The molecule has 19 heavy (non-hydrogen) atoms. The van der Waals surface area contributed by atoms with Gasteiger partial charge in [-0.15, -0.1) is 11.8 Å². The standard InChI is InChI=1S/C14H16N2O2S/c1-18-12-4-2-3-5-13(12)19-9-8-16-10-11(15)6-7-14(16)17/h2-7,10H,8-9,15H2,1H3. The zero-order chi connectivity index (χ0) is 13.7. The van der Waals surface area contributed by atoms with Gasteiger partial charge in [0.25, 0.3) is 5.56 Å². The summed E-state index contributed by atoms with van der Waals surface area (Å²) in [5.41, 5.74) is 6.24. The number of methoxy groups -OCH3 is 1. The van der Waals surface area contributed by atoms with Gasteiger partial charge < -0.3 is 15.0 Å². The molecule has 4 nitrogen and oxygen atoms in total. The second-order valence-electron chi connectivity index (χ2n) is 3.99. The third-order valence-electron chi connectivity index (χ3n) is 2.67. The number of anilines is 1. The van der Waals surface area contributed by atoms with Crippen LogP contribution in [0.25, 0.3) is 0 Å². The molecular weight excluding hydrogens is 260 g/mol. The van der Waals surface area contributed by atoms with Gasteiger partial charge in [0.05, 0.1) is 7.11 Å². The van der Waals surface area contributed by atoms with Crippen LogP contribution in [0, 0.1) is 0 Å². The predicted octanol–water partition coefficient (Wildman–Crippen LogP) is 2.23. The Morgan fingerprint density at radius 3 is 2.84 bits per heavy atom. The van der Waals surface area contributed by atoms with E-state index in [-0.39, 0.29) is 5.56 Å². The number of thioether (sulfide) groups is 1. The first-order chi connectivity index (χ1) is 9.20. The summed E-state index contributed by atoms with van der Waals surface area (Å²) in [5, 5.41) is 0. The molecule has 1 heterocycles. The zero-order valence-electron chi connectivity index (χ0n) is 10.7. The fraction of sp³-hybridized carbons (Fsp3) is 0.214. The Kier molecular flexibility index (Phi) is 4.52. The molecule has 2 aromatic rings. The third kappa shape index (κ3) is 3.54. The van der Waals surface area contributed by atoms with E-state index in [0.717, 1.165) is 16.4 Å². The molecule has 0 spiro atoms. The van der Waals surface area contributed by atoms with Crippen molar-refractivity contribution in [2.45, 2.75) is 11.4 Å². The molecule has 100 valence electrons. The van der Waals surface area contributed by atoms with Gasteiger partial charge in [-0.25, -0.2) is 0 Å². The van der Waals surface area contributed by atoms with Crippen LogP contribution in [-0.2, 0) is 6.54 Å². The lowest BCUT2D eigenvalue weighted by atomic mass is 10.3. The van der Waals surface area contributed by atoms with Gasteiger partial charge in [-0.05, 0) is 18.2 Å². The fourth-order valence-corrected chi connectivity index (χ4v) is 2.69. The number of para-hydroxylation sites is 1. The van der Waals surface area contributed by atoms with Gasteiger partial charge in [-0.1, -0.05) is 12.1 Å². The number of aromatic nitrogens is 1. The van der Waals surface area contributed by atoms with Crippen molar-refractivity contribution in [1.29, 1.82) is 0 Å². The Morgan fingerprint density at radius 2 is 2.05 bits per heavy atom. The van der Waals surface area contributed by atoms with Gasteiger partial charge in [0, 0.05) is 35.1 Å². The van der Waals surface area contributed by atoms with Crippen LogP contribution in [0.3, 0.4) is 0 Å². The molecule has 5 heteroatoms. The van der Waals surface area contributed by atoms with Crippen LogP contribution < -0.4 is 16.0 Å². The van der Waals surface area contributed by atoms with Crippen molar-refractivity contribution in [2.75, 3.05) is 18.6 Å². The van der Waals surface area contributed by atoms with Gasteiger partial charge in [0.15, 0.2) is 0 Å². The molecule has 0 aliphatic rings. The molecular formula is C14H16N2O2S. The van der Waals surface area contributed by atoms with E-state index in [1.807, 2.05) is 24.3 Å². The van der Waals surface area contributed by atoms with Crippen molar-refractivity contribution in [3.05, 3.63) is 52.9 Å². The number of nitrogen functional groups attached to an aromatic ring is 1. The lowest BCUT2D eigenvalue weighted by Crippen LogP contribution is -2.19. The van der Waals surface area contributed by atoms with Crippen molar-refractivity contribution in [3.63, 3.8) is 0 Å². The Labute approximate surface area is 116 Å². The molecule has 0 radical (unpaired) electrons. The summed E-state index contributed by atoms with van der Waals surface area (Å²) >= 11 is 1.66. The summed E-state index contributed by atoms with van der Waals surface area (Å²) in [4.78, 5) is 12.7. The maximum Gasteiger partial charge on any atom is 0.250 e. The number of hydrogen-bond donors (Lipinski definition) is 1. The molecule has 0 aliphatic heterocycles. The first kappa shape index (κ1) is 13.5. The highest BCUT2D eigenvalue weighted by molar-refractivity contribution is 7.99. The molecule has 1 aromatic carbocycles. The summed E-state index contributed by atoms with van der Waals surface area (Å²) < 4.78 is 6.90. The van der Waals surface area contributed by atoms with Crippen molar-refractivity contribution in [2.24, 2.45) is 0 Å². The van der Waals surface area contributed by atoms with E-state index in [4.69, 9.17) is 10.5 Å². The van der Waals surface area contributed by atoms with Gasteiger partial charge in [0.1, 0.15) is 5.75 Å². The van der Waals surface area contributed by atoms with E-state index >= 15 is 0 Å². The van der Waals surface area contributed by atoms with Gasteiger partial charge in [-0.3, -0.25) is 4.79 Å². The summed E-state index contributed by atoms with van der Waals surface area (Å²) in [6, 6.07) is 10.9. The number of nitrogens with zero attached hydrogens (tertiary/aromatic N) is 1. The van der Waals surface area contributed by atoms with Crippen LogP contribution in [0.4, 0.5) is 5.69 Å². The lowest BCUT2D eigenvalue weighted by molar-refractivity contribution is 0.405. The molecule has 2 N–H and O–H groups in total. The minimum absolute atomic E-state index is 0.0326. The molecule has 0 fully saturated rings. The van der Waals surface area contributed by atoms with Gasteiger partial charge in [-0.2, -0.15) is 0 Å². The monoisotopic (exact) mass is 276 g/mol. The van der Waals surface area contributed by atoms with E-state index in [2.05, 4.69) is 0 Å². The average Bonchev–Trinajstić information content (AvgIpc) is 2.43. The van der Waals surface area contributed by atoms with Crippen molar-refractivity contribution in [1.82, 2.24) is 4.57 Å². The summed E-state index contributed by atoms with van der Waals surface area (Å²) in [6.07, 6.45) is 1.67. The highest BCUT2D eigenvalue weighted by Crippen LogP contribution is 2.28. The van der Waals surface area contributed by atoms with Crippen LogP contribution in [0.1, 0.15) is 0 Å². The quantitative estimate of drug-likeness (QED) is 0.851. The van der Waals surface area contributed by atoms with E-state index in [1.54, 1.807) is 35.7 Å². The summed E-state index contributed by atoms with van der Waals surface area (Å²) in [5.74, 6) is 1.64. The predicted molar refractivity (Wildman–Crippen MR) is 78.8 cm³/mol. The molecule has 0 aliphatic carbocycles. The first-order valence-corrected chi connectivity index (χ1v) is 6.91. The minimum Gasteiger partial charge on any atom is -0.496 e. The topological polar surface area (TPSA) is 57.2 Å². The highest BCUT2D eigenvalue weighted by Gasteiger charge is 2.03. The molecule has 1 aromatic heterocycles.